The highest BCUT2D eigenvalue weighted by Crippen LogP contribution is 2.57. The summed E-state index contributed by atoms with van der Waals surface area (Å²) in [5.74, 6) is 0. The van der Waals surface area contributed by atoms with E-state index in [-0.39, 0.29) is 8.22 Å². The highest BCUT2D eigenvalue weighted by Gasteiger charge is 2.49. The van der Waals surface area contributed by atoms with Gasteiger partial charge in [-0.3, -0.25) is 0 Å². The van der Waals surface area contributed by atoms with Gasteiger partial charge in [0.25, 0.3) is 0 Å². The molecule has 0 rings (SSSR count). The first-order valence-electron chi connectivity index (χ1n) is 8.71. The van der Waals surface area contributed by atoms with Gasteiger partial charge in [-0.1, -0.05) is 92.4 Å². The minimum atomic E-state index is -1.34. The van der Waals surface area contributed by atoms with Gasteiger partial charge in [-0.25, -0.2) is 0 Å². The molecule has 0 aliphatic carbocycles. The molecule has 0 spiro atoms. The largest absolute Gasteiger partial charge is 0.313 e. The average molecular weight is 395 g/mol. The fourth-order valence-electron chi connectivity index (χ4n) is 3.79. The fraction of sp³-hybridized carbons (Fsp3) is 1.00. The van der Waals surface area contributed by atoms with Crippen LogP contribution in [0.15, 0.2) is 0 Å². The van der Waals surface area contributed by atoms with Gasteiger partial charge >= 0.3 is 0 Å². The lowest BCUT2D eigenvalue weighted by Crippen LogP contribution is -2.64. The van der Waals surface area contributed by atoms with Crippen molar-refractivity contribution in [2.24, 2.45) is 0 Å². The van der Waals surface area contributed by atoms with E-state index in [9.17, 15) is 0 Å². The molecule has 0 bridgehead atoms. The van der Waals surface area contributed by atoms with E-state index in [1.807, 2.05) is 0 Å². The van der Waals surface area contributed by atoms with Crippen molar-refractivity contribution in [2.75, 3.05) is 0 Å². The molecule has 7 heteroatoms. The summed E-state index contributed by atoms with van der Waals surface area (Å²) in [6, 6.07) is 0. The maximum absolute atomic E-state index is 3.12. The van der Waals surface area contributed by atoms with Crippen LogP contribution in [0.4, 0.5) is 0 Å². The molecule has 0 radical (unpaired) electrons. The van der Waals surface area contributed by atoms with Gasteiger partial charge in [-0.2, -0.15) is 0 Å². The van der Waals surface area contributed by atoms with Crippen molar-refractivity contribution in [2.45, 2.75) is 98.1 Å². The first-order chi connectivity index (χ1) is 9.31. The summed E-state index contributed by atoms with van der Waals surface area (Å²) in [5.41, 5.74) is 0.756. The molecule has 0 aromatic carbocycles. The van der Waals surface area contributed by atoms with Crippen LogP contribution in [0.5, 0.6) is 0 Å². The van der Waals surface area contributed by atoms with E-state index in [4.69, 9.17) is 0 Å². The second kappa shape index (κ2) is 7.22. The monoisotopic (exact) mass is 394 g/mol. The SMILES string of the molecule is CC(C)P(N([Si](C)(C)C)[Si](C)(C)C)N([Si](C)(C)C)[Si](C)(C)C. The van der Waals surface area contributed by atoms with Crippen molar-refractivity contribution in [1.29, 1.82) is 0 Å². The van der Waals surface area contributed by atoms with Crippen LogP contribution in [0.1, 0.15) is 13.8 Å². The van der Waals surface area contributed by atoms with Gasteiger partial charge in [-0.15, -0.1) is 0 Å². The zero-order chi connectivity index (χ0) is 18.3. The number of rotatable bonds is 7. The first-order valence-corrected chi connectivity index (χ1v) is 23.8. The summed E-state index contributed by atoms with van der Waals surface area (Å²) in [5, 5.41) is 0. The average Bonchev–Trinajstić information content (AvgIpc) is 2.06. The second-order valence-electron chi connectivity index (χ2n) is 10.7. The Balaban J connectivity index is 6.28. The van der Waals surface area contributed by atoms with Crippen LogP contribution in [0.2, 0.25) is 78.6 Å². The third-order valence-corrected chi connectivity index (χ3v) is 27.9. The van der Waals surface area contributed by atoms with Crippen molar-refractivity contribution in [3.8, 4) is 0 Å². The fourth-order valence-corrected chi connectivity index (χ4v) is 35.7. The minimum absolute atomic E-state index is 0.185. The summed E-state index contributed by atoms with van der Waals surface area (Å²) in [6.07, 6.45) is 0. The Morgan fingerprint density at radius 3 is 0.773 bits per heavy atom. The standard InChI is InChI=1S/C15H43N2PSi4/c1-15(2)18(16(19(3,4)5)20(6,7)8)17(21(9,10)11)22(12,13)14/h15H,1-14H3. The van der Waals surface area contributed by atoms with Crippen LogP contribution < -0.4 is 0 Å². The molecular formula is C15H43N2PSi4. The Labute approximate surface area is 147 Å². The molecule has 0 unspecified atom stereocenters. The third-order valence-electron chi connectivity index (χ3n) is 3.41. The molecule has 0 aromatic rings. The Bertz CT molecular complexity index is 302. The molecule has 0 aromatic heterocycles. The van der Waals surface area contributed by atoms with Gasteiger partial charge in [0.05, 0.1) is 0 Å². The normalized spacial score (nSPS) is 15.5. The lowest BCUT2D eigenvalue weighted by Gasteiger charge is -2.59. The first kappa shape index (κ1) is 23.2. The van der Waals surface area contributed by atoms with E-state index in [1.54, 1.807) is 0 Å². The quantitative estimate of drug-likeness (QED) is 0.352. The Morgan fingerprint density at radius 2 is 0.682 bits per heavy atom. The predicted molar refractivity (Wildman–Crippen MR) is 119 cm³/mol. The van der Waals surface area contributed by atoms with Gasteiger partial charge in [0, 0.05) is 8.22 Å². The summed E-state index contributed by atoms with van der Waals surface area (Å²) in [4.78, 5) is 0. The molecule has 22 heavy (non-hydrogen) atoms. The number of hydrogen-bond donors (Lipinski definition) is 0. The lowest BCUT2D eigenvalue weighted by molar-refractivity contribution is 0.819. The molecule has 0 N–H and O–H groups in total. The van der Waals surface area contributed by atoms with E-state index < -0.39 is 32.9 Å². The maximum Gasteiger partial charge on any atom is 0.117 e. The van der Waals surface area contributed by atoms with Crippen LogP contribution >= 0.6 is 8.22 Å². The Morgan fingerprint density at radius 1 is 0.500 bits per heavy atom. The summed E-state index contributed by atoms with van der Waals surface area (Å²) in [6.45, 7) is 35.7. The van der Waals surface area contributed by atoms with Crippen molar-refractivity contribution in [3.63, 3.8) is 0 Å². The van der Waals surface area contributed by atoms with Crippen LogP contribution in [0.25, 0.3) is 0 Å². The van der Waals surface area contributed by atoms with E-state index >= 15 is 0 Å². The molecule has 2 nitrogen and oxygen atoms in total. The van der Waals surface area contributed by atoms with Gasteiger partial charge in [0.1, 0.15) is 32.9 Å². The van der Waals surface area contributed by atoms with E-state index in [1.165, 1.54) is 0 Å². The van der Waals surface area contributed by atoms with Crippen LogP contribution in [-0.2, 0) is 0 Å². The molecule has 0 fully saturated rings. The molecule has 0 amide bonds. The summed E-state index contributed by atoms with van der Waals surface area (Å²) < 4.78 is 6.24. The molecule has 134 valence electrons. The second-order valence-corrected chi connectivity index (χ2v) is 34.7. The van der Waals surface area contributed by atoms with E-state index in [0.717, 1.165) is 5.66 Å². The molecule has 0 aliphatic heterocycles. The van der Waals surface area contributed by atoms with Gasteiger partial charge in [0.15, 0.2) is 0 Å². The molecule has 0 saturated heterocycles. The third kappa shape index (κ3) is 6.26. The number of nitrogens with zero attached hydrogens (tertiary/aromatic N) is 2. The van der Waals surface area contributed by atoms with Gasteiger partial charge in [-0.05, 0) is 5.66 Å². The summed E-state index contributed by atoms with van der Waals surface area (Å²) in [7, 11) is -5.55. The zero-order valence-corrected chi connectivity index (χ0v) is 22.8. The van der Waals surface area contributed by atoms with Crippen LogP contribution in [-0.4, -0.2) is 46.6 Å². The maximum atomic E-state index is 3.12. The Hall–Kier alpha value is 1.22. The van der Waals surface area contributed by atoms with Gasteiger partial charge < -0.3 is 8.00 Å². The molecule has 0 aliphatic rings. The van der Waals surface area contributed by atoms with Crippen molar-refractivity contribution < 1.29 is 0 Å². The van der Waals surface area contributed by atoms with Crippen LogP contribution in [0, 0.1) is 0 Å². The van der Waals surface area contributed by atoms with E-state index in [2.05, 4.69) is 100 Å². The van der Waals surface area contributed by atoms with Crippen molar-refractivity contribution in [1.82, 2.24) is 8.00 Å². The summed E-state index contributed by atoms with van der Waals surface area (Å²) >= 11 is 0. The molecule has 0 heterocycles. The lowest BCUT2D eigenvalue weighted by atomic mass is 10.6. The molecular weight excluding hydrogens is 351 g/mol. The minimum Gasteiger partial charge on any atom is -0.313 e. The van der Waals surface area contributed by atoms with E-state index in [0.29, 0.717) is 0 Å². The van der Waals surface area contributed by atoms with Crippen molar-refractivity contribution >= 4 is 41.2 Å². The highest BCUT2D eigenvalue weighted by molar-refractivity contribution is 7.62. The topological polar surface area (TPSA) is 6.48 Å². The van der Waals surface area contributed by atoms with Crippen molar-refractivity contribution in [3.05, 3.63) is 0 Å². The van der Waals surface area contributed by atoms with Gasteiger partial charge in [0.2, 0.25) is 0 Å². The molecule has 0 saturated carbocycles. The predicted octanol–water partition coefficient (Wildman–Crippen LogP) is 6.65. The molecule has 0 atom stereocenters. The highest BCUT2D eigenvalue weighted by atomic mass is 31.1. The zero-order valence-electron chi connectivity index (χ0n) is 17.9. The number of hydrogen-bond acceptors (Lipinski definition) is 2. The van der Waals surface area contributed by atoms with Crippen LogP contribution in [0.3, 0.4) is 0 Å². The smallest absolute Gasteiger partial charge is 0.117 e. The Kier molecular flexibility index (Phi) is 7.62.